The van der Waals surface area contributed by atoms with Crippen molar-refractivity contribution in [3.05, 3.63) is 17.7 Å². The minimum atomic E-state index is 0.338. The zero-order valence-corrected chi connectivity index (χ0v) is 10.8. The predicted octanol–water partition coefficient (Wildman–Crippen LogP) is 2.14. The Hall–Kier alpha value is -1.42. The van der Waals surface area contributed by atoms with E-state index < -0.39 is 0 Å². The molecular weight excluding hydrogens is 228 g/mol. The second kappa shape index (κ2) is 5.06. The van der Waals surface area contributed by atoms with Crippen LogP contribution in [-0.4, -0.2) is 26.4 Å². The van der Waals surface area contributed by atoms with Crippen LogP contribution in [0.15, 0.2) is 12.1 Å². The van der Waals surface area contributed by atoms with Crippen LogP contribution >= 0.6 is 0 Å². The molecule has 2 N–H and O–H groups in total. The van der Waals surface area contributed by atoms with Crippen molar-refractivity contribution < 1.29 is 9.47 Å². The highest BCUT2D eigenvalue weighted by atomic mass is 16.7. The lowest BCUT2D eigenvalue weighted by Gasteiger charge is -2.23. The quantitative estimate of drug-likeness (QED) is 0.860. The lowest BCUT2D eigenvalue weighted by Crippen LogP contribution is -2.33. The lowest BCUT2D eigenvalue weighted by atomic mass is 9.99. The van der Waals surface area contributed by atoms with Gasteiger partial charge in [-0.15, -0.1) is 0 Å². The number of nitrogens with one attached hydrogen (secondary N) is 2. The highest BCUT2D eigenvalue weighted by Gasteiger charge is 2.17. The van der Waals surface area contributed by atoms with Gasteiger partial charge < -0.3 is 20.1 Å². The first kappa shape index (κ1) is 11.7. The Labute approximate surface area is 108 Å². The molecule has 0 aromatic heterocycles. The van der Waals surface area contributed by atoms with Gasteiger partial charge in [-0.25, -0.2) is 0 Å². The minimum Gasteiger partial charge on any atom is -0.454 e. The highest BCUT2D eigenvalue weighted by Crippen LogP contribution is 2.36. The number of aryl methyl sites for hydroxylation is 1. The molecule has 2 aliphatic heterocycles. The van der Waals surface area contributed by atoms with Gasteiger partial charge in [-0.05, 0) is 50.4 Å². The molecule has 0 bridgehead atoms. The van der Waals surface area contributed by atoms with E-state index in [0.717, 1.165) is 36.2 Å². The largest absolute Gasteiger partial charge is 0.454 e. The summed E-state index contributed by atoms with van der Waals surface area (Å²) in [5.74, 6) is 2.44. The molecule has 2 aliphatic rings. The second-order valence-electron chi connectivity index (χ2n) is 5.11. The van der Waals surface area contributed by atoms with Crippen molar-refractivity contribution >= 4 is 5.69 Å². The van der Waals surface area contributed by atoms with Crippen LogP contribution in [0.4, 0.5) is 5.69 Å². The van der Waals surface area contributed by atoms with Crippen LogP contribution in [0.3, 0.4) is 0 Å². The second-order valence-corrected chi connectivity index (χ2v) is 5.11. The minimum absolute atomic E-state index is 0.338. The van der Waals surface area contributed by atoms with Crippen LogP contribution < -0.4 is 20.1 Å². The molecule has 1 atom stereocenters. The maximum absolute atomic E-state index is 5.41. The Kier molecular flexibility index (Phi) is 3.28. The summed E-state index contributed by atoms with van der Waals surface area (Å²) in [6.07, 6.45) is 2.59. The van der Waals surface area contributed by atoms with E-state index in [0.29, 0.717) is 6.79 Å². The van der Waals surface area contributed by atoms with Crippen molar-refractivity contribution in [3.8, 4) is 11.5 Å². The van der Waals surface area contributed by atoms with Crippen LogP contribution in [0.2, 0.25) is 0 Å². The van der Waals surface area contributed by atoms with E-state index in [2.05, 4.69) is 17.6 Å². The SMILES string of the molecule is Cc1cc2c(cc1NCC1CCCNC1)OCO2. The Morgan fingerprint density at radius 1 is 1.33 bits per heavy atom. The van der Waals surface area contributed by atoms with E-state index in [9.17, 15) is 0 Å². The smallest absolute Gasteiger partial charge is 0.231 e. The number of hydrogen-bond acceptors (Lipinski definition) is 4. The monoisotopic (exact) mass is 248 g/mol. The first-order valence-electron chi connectivity index (χ1n) is 6.68. The molecule has 1 fully saturated rings. The normalized spacial score (nSPS) is 21.9. The van der Waals surface area contributed by atoms with E-state index in [-0.39, 0.29) is 0 Å². The Balaban J connectivity index is 1.65. The third kappa shape index (κ3) is 2.38. The molecule has 98 valence electrons. The molecular formula is C14H20N2O2. The summed E-state index contributed by atoms with van der Waals surface area (Å²) in [6, 6.07) is 4.09. The molecule has 2 heterocycles. The third-order valence-electron chi connectivity index (χ3n) is 3.70. The fourth-order valence-corrected chi connectivity index (χ4v) is 2.59. The molecule has 1 aromatic carbocycles. The summed E-state index contributed by atoms with van der Waals surface area (Å²) in [5, 5.41) is 6.98. The zero-order valence-electron chi connectivity index (χ0n) is 10.8. The number of benzene rings is 1. The number of anilines is 1. The number of piperidine rings is 1. The molecule has 4 heteroatoms. The topological polar surface area (TPSA) is 42.5 Å². The number of rotatable bonds is 3. The van der Waals surface area contributed by atoms with Crippen molar-refractivity contribution in [2.24, 2.45) is 5.92 Å². The van der Waals surface area contributed by atoms with Crippen molar-refractivity contribution in [1.82, 2.24) is 5.32 Å². The van der Waals surface area contributed by atoms with E-state index in [1.807, 2.05) is 12.1 Å². The first-order valence-corrected chi connectivity index (χ1v) is 6.68. The van der Waals surface area contributed by atoms with Crippen LogP contribution in [0.5, 0.6) is 11.5 Å². The summed E-state index contributed by atoms with van der Waals surface area (Å²) in [4.78, 5) is 0. The van der Waals surface area contributed by atoms with Gasteiger partial charge in [0.2, 0.25) is 6.79 Å². The summed E-state index contributed by atoms with van der Waals surface area (Å²) < 4.78 is 10.8. The van der Waals surface area contributed by atoms with Crippen molar-refractivity contribution in [2.75, 3.05) is 31.7 Å². The molecule has 0 radical (unpaired) electrons. The lowest BCUT2D eigenvalue weighted by molar-refractivity contribution is 0.174. The highest BCUT2D eigenvalue weighted by molar-refractivity contribution is 5.60. The van der Waals surface area contributed by atoms with Gasteiger partial charge in [0.15, 0.2) is 11.5 Å². The summed E-state index contributed by atoms with van der Waals surface area (Å²) in [5.41, 5.74) is 2.37. The first-order chi connectivity index (χ1) is 8.83. The summed E-state index contributed by atoms with van der Waals surface area (Å²) >= 11 is 0. The zero-order chi connectivity index (χ0) is 12.4. The maximum Gasteiger partial charge on any atom is 0.231 e. The molecule has 0 aliphatic carbocycles. The van der Waals surface area contributed by atoms with E-state index in [1.54, 1.807) is 0 Å². The fourth-order valence-electron chi connectivity index (χ4n) is 2.59. The number of hydrogen-bond donors (Lipinski definition) is 2. The van der Waals surface area contributed by atoms with Crippen LogP contribution in [0.25, 0.3) is 0 Å². The van der Waals surface area contributed by atoms with Gasteiger partial charge in [0, 0.05) is 18.3 Å². The van der Waals surface area contributed by atoms with Gasteiger partial charge in [0.1, 0.15) is 0 Å². The van der Waals surface area contributed by atoms with Crippen molar-refractivity contribution in [3.63, 3.8) is 0 Å². The molecule has 1 unspecified atom stereocenters. The van der Waals surface area contributed by atoms with Gasteiger partial charge in [0.05, 0.1) is 0 Å². The molecule has 3 rings (SSSR count). The number of ether oxygens (including phenoxy) is 2. The van der Waals surface area contributed by atoms with E-state index in [4.69, 9.17) is 9.47 Å². The molecule has 4 nitrogen and oxygen atoms in total. The standard InChI is InChI=1S/C14H20N2O2/c1-10-5-13-14(18-9-17-13)6-12(10)16-8-11-3-2-4-15-7-11/h5-6,11,15-16H,2-4,7-9H2,1H3. The molecule has 18 heavy (non-hydrogen) atoms. The van der Waals surface area contributed by atoms with Gasteiger partial charge in [-0.1, -0.05) is 0 Å². The van der Waals surface area contributed by atoms with Crippen molar-refractivity contribution in [1.29, 1.82) is 0 Å². The van der Waals surface area contributed by atoms with Crippen molar-refractivity contribution in [2.45, 2.75) is 19.8 Å². The van der Waals surface area contributed by atoms with Gasteiger partial charge in [-0.3, -0.25) is 0 Å². The molecule has 0 amide bonds. The van der Waals surface area contributed by atoms with Gasteiger partial charge in [-0.2, -0.15) is 0 Å². The summed E-state index contributed by atoms with van der Waals surface area (Å²) in [6.45, 7) is 5.75. The molecule has 0 saturated carbocycles. The average Bonchev–Trinajstić information content (AvgIpc) is 2.84. The fraction of sp³-hybridized carbons (Fsp3) is 0.571. The van der Waals surface area contributed by atoms with E-state index >= 15 is 0 Å². The predicted molar refractivity (Wildman–Crippen MR) is 71.4 cm³/mol. The number of fused-ring (bicyclic) bond motifs is 1. The van der Waals surface area contributed by atoms with Crippen LogP contribution in [0.1, 0.15) is 18.4 Å². The molecule has 1 saturated heterocycles. The Morgan fingerprint density at radius 2 is 2.17 bits per heavy atom. The Morgan fingerprint density at radius 3 is 2.94 bits per heavy atom. The van der Waals surface area contributed by atoms with E-state index in [1.165, 1.54) is 24.9 Å². The molecule has 1 aromatic rings. The summed E-state index contributed by atoms with van der Waals surface area (Å²) in [7, 11) is 0. The average molecular weight is 248 g/mol. The van der Waals surface area contributed by atoms with Gasteiger partial charge in [0.25, 0.3) is 0 Å². The van der Waals surface area contributed by atoms with Crippen LogP contribution in [-0.2, 0) is 0 Å². The maximum atomic E-state index is 5.41. The Bertz CT molecular complexity index is 428. The van der Waals surface area contributed by atoms with Crippen LogP contribution in [0, 0.1) is 12.8 Å². The van der Waals surface area contributed by atoms with Gasteiger partial charge >= 0.3 is 0 Å². The molecule has 0 spiro atoms. The third-order valence-corrected chi connectivity index (χ3v) is 3.70.